The smallest absolute Gasteiger partial charge is 0.333 e. The van der Waals surface area contributed by atoms with Crippen molar-refractivity contribution in [2.45, 2.75) is 33.1 Å². The first kappa shape index (κ1) is 11.2. The van der Waals surface area contributed by atoms with Gasteiger partial charge in [-0.3, -0.25) is 0 Å². The molecule has 0 aromatic rings. The van der Waals surface area contributed by atoms with E-state index in [1.54, 1.807) is 0 Å². The molecule has 0 bridgehead atoms. The molecule has 1 fully saturated rings. The number of hydrogen-bond acceptors (Lipinski definition) is 3. The summed E-state index contributed by atoms with van der Waals surface area (Å²) in [4.78, 5) is 11.4. The standard InChI is InChI=1S/C11H18O3/c1-3-14-11(12)9(2)10-5-4-7-13-8-6-10/h3-8H2,1-2H3/b10-9+. The third kappa shape index (κ3) is 3.14. The molecular formula is C11H18O3. The van der Waals surface area contributed by atoms with Crippen molar-refractivity contribution >= 4 is 5.97 Å². The second-order valence-electron chi connectivity index (χ2n) is 3.41. The molecule has 80 valence electrons. The summed E-state index contributed by atoms with van der Waals surface area (Å²) < 4.78 is 10.3. The van der Waals surface area contributed by atoms with E-state index in [0.29, 0.717) is 6.61 Å². The van der Waals surface area contributed by atoms with Crippen molar-refractivity contribution in [2.24, 2.45) is 0 Å². The molecule has 0 aromatic heterocycles. The molecule has 0 aliphatic carbocycles. The highest BCUT2D eigenvalue weighted by Crippen LogP contribution is 2.19. The summed E-state index contributed by atoms with van der Waals surface area (Å²) in [5.74, 6) is -0.176. The van der Waals surface area contributed by atoms with Crippen LogP contribution in [0.5, 0.6) is 0 Å². The van der Waals surface area contributed by atoms with E-state index in [4.69, 9.17) is 9.47 Å². The van der Waals surface area contributed by atoms with Gasteiger partial charge in [-0.05, 0) is 33.1 Å². The summed E-state index contributed by atoms with van der Waals surface area (Å²) in [7, 11) is 0. The van der Waals surface area contributed by atoms with E-state index < -0.39 is 0 Å². The van der Waals surface area contributed by atoms with E-state index in [1.807, 2.05) is 13.8 Å². The Bertz CT molecular complexity index is 221. The molecule has 0 saturated carbocycles. The maximum atomic E-state index is 11.4. The molecule has 0 radical (unpaired) electrons. The first-order valence-electron chi connectivity index (χ1n) is 5.19. The first-order valence-corrected chi connectivity index (χ1v) is 5.19. The van der Waals surface area contributed by atoms with Crippen molar-refractivity contribution in [2.75, 3.05) is 19.8 Å². The van der Waals surface area contributed by atoms with Gasteiger partial charge in [0.15, 0.2) is 0 Å². The average molecular weight is 198 g/mol. The lowest BCUT2D eigenvalue weighted by atomic mass is 10.0. The van der Waals surface area contributed by atoms with Crippen LogP contribution in [-0.2, 0) is 14.3 Å². The Labute approximate surface area is 85.1 Å². The third-order valence-electron chi connectivity index (χ3n) is 2.43. The highest BCUT2D eigenvalue weighted by atomic mass is 16.5. The number of rotatable bonds is 2. The van der Waals surface area contributed by atoms with Gasteiger partial charge in [0.1, 0.15) is 0 Å². The molecule has 0 N–H and O–H groups in total. The molecular weight excluding hydrogens is 180 g/mol. The van der Waals surface area contributed by atoms with Gasteiger partial charge in [0.25, 0.3) is 0 Å². The van der Waals surface area contributed by atoms with Crippen LogP contribution >= 0.6 is 0 Å². The minimum absolute atomic E-state index is 0.176. The molecule has 0 amide bonds. The molecule has 0 atom stereocenters. The minimum atomic E-state index is -0.176. The van der Waals surface area contributed by atoms with Crippen molar-refractivity contribution in [1.29, 1.82) is 0 Å². The lowest BCUT2D eigenvalue weighted by Gasteiger charge is -2.07. The molecule has 0 spiro atoms. The van der Waals surface area contributed by atoms with E-state index in [0.717, 1.165) is 38.0 Å². The summed E-state index contributed by atoms with van der Waals surface area (Å²) in [5.41, 5.74) is 1.97. The Morgan fingerprint density at radius 1 is 1.43 bits per heavy atom. The second-order valence-corrected chi connectivity index (χ2v) is 3.41. The summed E-state index contributed by atoms with van der Waals surface area (Å²) in [6.45, 7) is 5.65. The normalized spacial score (nSPS) is 21.3. The van der Waals surface area contributed by atoms with E-state index in [-0.39, 0.29) is 5.97 Å². The zero-order valence-corrected chi connectivity index (χ0v) is 8.97. The van der Waals surface area contributed by atoms with Crippen molar-refractivity contribution in [3.8, 4) is 0 Å². The highest BCUT2D eigenvalue weighted by Gasteiger charge is 2.13. The second kappa shape index (κ2) is 5.81. The van der Waals surface area contributed by atoms with Crippen molar-refractivity contribution in [1.82, 2.24) is 0 Å². The molecule has 3 nitrogen and oxygen atoms in total. The lowest BCUT2D eigenvalue weighted by molar-refractivity contribution is -0.138. The molecule has 1 aliphatic heterocycles. The van der Waals surface area contributed by atoms with Gasteiger partial charge in [0.05, 0.1) is 13.2 Å². The highest BCUT2D eigenvalue weighted by molar-refractivity contribution is 5.88. The number of carbonyl (C=O) groups is 1. The Morgan fingerprint density at radius 2 is 2.21 bits per heavy atom. The topological polar surface area (TPSA) is 35.5 Å². The number of hydrogen-bond donors (Lipinski definition) is 0. The summed E-state index contributed by atoms with van der Waals surface area (Å²) in [5, 5.41) is 0. The van der Waals surface area contributed by atoms with Crippen LogP contribution in [0, 0.1) is 0 Å². The van der Waals surface area contributed by atoms with Crippen LogP contribution in [0.1, 0.15) is 33.1 Å². The fourth-order valence-corrected chi connectivity index (χ4v) is 1.57. The third-order valence-corrected chi connectivity index (χ3v) is 2.43. The van der Waals surface area contributed by atoms with Crippen molar-refractivity contribution in [3.05, 3.63) is 11.1 Å². The SMILES string of the molecule is CCOC(=O)/C(C)=C1\CCCOCC1. The summed E-state index contributed by atoms with van der Waals surface area (Å²) in [6.07, 6.45) is 2.83. The Hall–Kier alpha value is -0.830. The summed E-state index contributed by atoms with van der Waals surface area (Å²) in [6, 6.07) is 0. The number of carbonyl (C=O) groups excluding carboxylic acids is 1. The lowest BCUT2D eigenvalue weighted by Crippen LogP contribution is -2.08. The van der Waals surface area contributed by atoms with Crippen LogP contribution in [-0.4, -0.2) is 25.8 Å². The van der Waals surface area contributed by atoms with Crippen LogP contribution < -0.4 is 0 Å². The van der Waals surface area contributed by atoms with Gasteiger partial charge in [0, 0.05) is 12.2 Å². The van der Waals surface area contributed by atoms with Crippen LogP contribution in [0.2, 0.25) is 0 Å². The van der Waals surface area contributed by atoms with Crippen molar-refractivity contribution < 1.29 is 14.3 Å². The zero-order valence-electron chi connectivity index (χ0n) is 8.97. The quantitative estimate of drug-likeness (QED) is 0.503. The predicted octanol–water partition coefficient (Wildman–Crippen LogP) is 2.07. The van der Waals surface area contributed by atoms with Crippen LogP contribution in [0.15, 0.2) is 11.1 Å². The van der Waals surface area contributed by atoms with Crippen LogP contribution in [0.3, 0.4) is 0 Å². The molecule has 1 rings (SSSR count). The molecule has 0 unspecified atom stereocenters. The van der Waals surface area contributed by atoms with E-state index >= 15 is 0 Å². The van der Waals surface area contributed by atoms with Crippen LogP contribution in [0.4, 0.5) is 0 Å². The Kier molecular flexibility index (Phi) is 4.66. The molecule has 1 aliphatic rings. The predicted molar refractivity (Wildman–Crippen MR) is 54.0 cm³/mol. The van der Waals surface area contributed by atoms with Gasteiger partial charge in [-0.2, -0.15) is 0 Å². The molecule has 1 saturated heterocycles. The zero-order chi connectivity index (χ0) is 10.4. The van der Waals surface area contributed by atoms with Gasteiger partial charge < -0.3 is 9.47 Å². The molecule has 0 aromatic carbocycles. The van der Waals surface area contributed by atoms with Gasteiger partial charge in [-0.15, -0.1) is 0 Å². The maximum absolute atomic E-state index is 11.4. The number of esters is 1. The maximum Gasteiger partial charge on any atom is 0.333 e. The monoisotopic (exact) mass is 198 g/mol. The van der Waals surface area contributed by atoms with E-state index in [9.17, 15) is 4.79 Å². The van der Waals surface area contributed by atoms with Crippen LogP contribution in [0.25, 0.3) is 0 Å². The molecule has 1 heterocycles. The van der Waals surface area contributed by atoms with Gasteiger partial charge in [-0.25, -0.2) is 4.79 Å². The largest absolute Gasteiger partial charge is 0.463 e. The summed E-state index contributed by atoms with van der Waals surface area (Å²) >= 11 is 0. The first-order chi connectivity index (χ1) is 6.75. The molecule has 3 heteroatoms. The Morgan fingerprint density at radius 3 is 2.93 bits per heavy atom. The van der Waals surface area contributed by atoms with Gasteiger partial charge in [-0.1, -0.05) is 5.57 Å². The Balaban J connectivity index is 2.64. The fraction of sp³-hybridized carbons (Fsp3) is 0.727. The van der Waals surface area contributed by atoms with Crippen molar-refractivity contribution in [3.63, 3.8) is 0 Å². The van der Waals surface area contributed by atoms with Gasteiger partial charge in [0.2, 0.25) is 0 Å². The van der Waals surface area contributed by atoms with E-state index in [1.165, 1.54) is 5.57 Å². The van der Waals surface area contributed by atoms with Gasteiger partial charge >= 0.3 is 5.97 Å². The molecule has 14 heavy (non-hydrogen) atoms. The van der Waals surface area contributed by atoms with E-state index in [2.05, 4.69) is 0 Å². The fourth-order valence-electron chi connectivity index (χ4n) is 1.57. The number of ether oxygens (including phenoxy) is 2. The average Bonchev–Trinajstić information content (AvgIpc) is 2.45. The minimum Gasteiger partial charge on any atom is -0.463 e.